The van der Waals surface area contributed by atoms with Crippen LogP contribution in [0.2, 0.25) is 0 Å². The highest BCUT2D eigenvalue weighted by Gasteiger charge is 2.18. The quantitative estimate of drug-likeness (QED) is 0.777. The highest BCUT2D eigenvalue weighted by atomic mass is 16.5. The second kappa shape index (κ2) is 7.85. The summed E-state index contributed by atoms with van der Waals surface area (Å²) in [6, 6.07) is 3.39. The van der Waals surface area contributed by atoms with Crippen LogP contribution in [0.4, 0.5) is 0 Å². The van der Waals surface area contributed by atoms with E-state index >= 15 is 0 Å². The summed E-state index contributed by atoms with van der Waals surface area (Å²) >= 11 is 0. The predicted molar refractivity (Wildman–Crippen MR) is 75.9 cm³/mol. The van der Waals surface area contributed by atoms with Crippen molar-refractivity contribution in [1.82, 2.24) is 10.3 Å². The Hall–Kier alpha value is -1.62. The molecule has 1 aliphatic rings. The molecule has 1 N–H and O–H groups in total. The molecular formula is C15H22N2O3. The molecule has 2 heterocycles. The molecule has 5 nitrogen and oxygen atoms in total. The van der Waals surface area contributed by atoms with Gasteiger partial charge in [-0.25, -0.2) is 4.98 Å². The topological polar surface area (TPSA) is 60.5 Å². The van der Waals surface area contributed by atoms with Crippen LogP contribution in [0.25, 0.3) is 0 Å². The molecule has 110 valence electrons. The number of nitrogens with zero attached hydrogens (tertiary/aromatic N) is 1. The molecule has 1 unspecified atom stereocenters. The SMILES string of the molecule is CCCCCNC(=O)c1ccnc(OC2CCOC2)c1. The van der Waals surface area contributed by atoms with Crippen LogP contribution in [0, 0.1) is 0 Å². The van der Waals surface area contributed by atoms with Crippen molar-refractivity contribution in [3.8, 4) is 5.88 Å². The first-order valence-electron chi connectivity index (χ1n) is 7.28. The van der Waals surface area contributed by atoms with Gasteiger partial charge in [-0.2, -0.15) is 0 Å². The number of aromatic nitrogens is 1. The Labute approximate surface area is 119 Å². The molecule has 20 heavy (non-hydrogen) atoms. The largest absolute Gasteiger partial charge is 0.472 e. The van der Waals surface area contributed by atoms with Gasteiger partial charge in [-0.05, 0) is 12.5 Å². The van der Waals surface area contributed by atoms with Gasteiger partial charge in [0.15, 0.2) is 0 Å². The second-order valence-electron chi connectivity index (χ2n) is 4.95. The van der Waals surface area contributed by atoms with Gasteiger partial charge in [0.2, 0.25) is 5.88 Å². The third kappa shape index (κ3) is 4.49. The zero-order valence-electron chi connectivity index (χ0n) is 11.9. The Balaban J connectivity index is 1.86. The summed E-state index contributed by atoms with van der Waals surface area (Å²) in [7, 11) is 0. The Morgan fingerprint density at radius 1 is 1.55 bits per heavy atom. The fraction of sp³-hybridized carbons (Fsp3) is 0.600. The van der Waals surface area contributed by atoms with Crippen molar-refractivity contribution in [2.45, 2.75) is 38.7 Å². The van der Waals surface area contributed by atoms with Crippen LogP contribution >= 0.6 is 0 Å². The lowest BCUT2D eigenvalue weighted by molar-refractivity contribution is 0.0951. The Kier molecular flexibility index (Phi) is 5.80. The molecule has 1 aliphatic heterocycles. The standard InChI is InChI=1S/C15H22N2O3/c1-2-3-4-7-17-15(18)12-5-8-16-14(10-12)20-13-6-9-19-11-13/h5,8,10,13H,2-4,6-7,9,11H2,1H3,(H,17,18). The van der Waals surface area contributed by atoms with Gasteiger partial charge < -0.3 is 14.8 Å². The number of hydrogen-bond acceptors (Lipinski definition) is 4. The van der Waals surface area contributed by atoms with E-state index in [1.807, 2.05) is 0 Å². The molecule has 1 aromatic heterocycles. The molecule has 1 atom stereocenters. The van der Waals surface area contributed by atoms with E-state index in [1.165, 1.54) is 0 Å². The minimum atomic E-state index is -0.0731. The third-order valence-electron chi connectivity index (χ3n) is 3.24. The predicted octanol–water partition coefficient (Wildman–Crippen LogP) is 2.17. The normalized spacial score (nSPS) is 17.9. The van der Waals surface area contributed by atoms with E-state index in [-0.39, 0.29) is 12.0 Å². The van der Waals surface area contributed by atoms with Gasteiger partial charge in [0, 0.05) is 30.8 Å². The third-order valence-corrected chi connectivity index (χ3v) is 3.24. The first-order chi connectivity index (χ1) is 9.79. The number of hydrogen-bond donors (Lipinski definition) is 1. The maximum atomic E-state index is 12.0. The summed E-state index contributed by atoms with van der Waals surface area (Å²) < 4.78 is 10.9. The Bertz CT molecular complexity index is 431. The van der Waals surface area contributed by atoms with Gasteiger partial charge in [0.25, 0.3) is 5.91 Å². The molecule has 0 bridgehead atoms. The van der Waals surface area contributed by atoms with Crippen LogP contribution in [-0.4, -0.2) is 36.8 Å². The number of rotatable bonds is 7. The van der Waals surface area contributed by atoms with Gasteiger partial charge in [0.05, 0.1) is 13.2 Å². The van der Waals surface area contributed by atoms with Crippen molar-refractivity contribution < 1.29 is 14.3 Å². The maximum absolute atomic E-state index is 12.0. The van der Waals surface area contributed by atoms with Crippen LogP contribution in [0.15, 0.2) is 18.3 Å². The lowest BCUT2D eigenvalue weighted by atomic mass is 10.2. The van der Waals surface area contributed by atoms with Gasteiger partial charge in [-0.1, -0.05) is 19.8 Å². The Morgan fingerprint density at radius 2 is 2.45 bits per heavy atom. The maximum Gasteiger partial charge on any atom is 0.251 e. The molecule has 0 spiro atoms. The number of unbranched alkanes of at least 4 members (excludes halogenated alkanes) is 2. The van der Waals surface area contributed by atoms with Crippen molar-refractivity contribution in [3.63, 3.8) is 0 Å². The number of nitrogens with one attached hydrogen (secondary N) is 1. The van der Waals surface area contributed by atoms with Gasteiger partial charge in [0.1, 0.15) is 6.10 Å². The van der Waals surface area contributed by atoms with E-state index in [2.05, 4.69) is 17.2 Å². The van der Waals surface area contributed by atoms with Crippen molar-refractivity contribution in [2.24, 2.45) is 0 Å². The smallest absolute Gasteiger partial charge is 0.251 e. The summed E-state index contributed by atoms with van der Waals surface area (Å²) in [5.41, 5.74) is 0.588. The average Bonchev–Trinajstić information content (AvgIpc) is 2.96. The molecule has 1 amide bonds. The molecule has 5 heteroatoms. The molecule has 0 radical (unpaired) electrons. The number of carbonyl (C=O) groups excluding carboxylic acids is 1. The van der Waals surface area contributed by atoms with Crippen LogP contribution in [0.3, 0.4) is 0 Å². The first kappa shape index (κ1) is 14.8. The monoisotopic (exact) mass is 278 g/mol. The lowest BCUT2D eigenvalue weighted by Gasteiger charge is -2.11. The molecule has 1 aromatic rings. The molecule has 2 rings (SSSR count). The van der Waals surface area contributed by atoms with E-state index in [9.17, 15) is 4.79 Å². The summed E-state index contributed by atoms with van der Waals surface area (Å²) in [5.74, 6) is 0.415. The first-order valence-corrected chi connectivity index (χ1v) is 7.28. The minimum absolute atomic E-state index is 0.0466. The summed E-state index contributed by atoms with van der Waals surface area (Å²) in [5, 5.41) is 2.91. The number of carbonyl (C=O) groups is 1. The summed E-state index contributed by atoms with van der Waals surface area (Å²) in [6.07, 6.45) is 5.81. The molecule has 1 saturated heterocycles. The molecule has 0 saturated carbocycles. The molecular weight excluding hydrogens is 256 g/mol. The van der Waals surface area contributed by atoms with Crippen LogP contribution in [0.5, 0.6) is 5.88 Å². The zero-order valence-corrected chi connectivity index (χ0v) is 11.9. The van der Waals surface area contributed by atoms with Crippen molar-refractivity contribution in [1.29, 1.82) is 0 Å². The van der Waals surface area contributed by atoms with E-state index in [1.54, 1.807) is 18.3 Å². The van der Waals surface area contributed by atoms with Crippen LogP contribution < -0.4 is 10.1 Å². The highest BCUT2D eigenvalue weighted by molar-refractivity contribution is 5.94. The fourth-order valence-corrected chi connectivity index (χ4v) is 2.07. The second-order valence-corrected chi connectivity index (χ2v) is 4.95. The van der Waals surface area contributed by atoms with E-state index < -0.39 is 0 Å². The Morgan fingerprint density at radius 3 is 3.20 bits per heavy atom. The summed E-state index contributed by atoms with van der Waals surface area (Å²) in [4.78, 5) is 16.1. The van der Waals surface area contributed by atoms with Gasteiger partial charge >= 0.3 is 0 Å². The molecule has 0 aromatic carbocycles. The lowest BCUT2D eigenvalue weighted by Crippen LogP contribution is -2.24. The summed E-state index contributed by atoms with van der Waals surface area (Å²) in [6.45, 7) is 4.17. The van der Waals surface area contributed by atoms with Gasteiger partial charge in [-0.3, -0.25) is 4.79 Å². The number of amides is 1. The highest BCUT2D eigenvalue weighted by Crippen LogP contribution is 2.15. The van der Waals surface area contributed by atoms with Crippen LogP contribution in [-0.2, 0) is 4.74 Å². The minimum Gasteiger partial charge on any atom is -0.472 e. The van der Waals surface area contributed by atoms with Gasteiger partial charge in [-0.15, -0.1) is 0 Å². The molecule has 0 aliphatic carbocycles. The van der Waals surface area contributed by atoms with E-state index in [0.29, 0.717) is 24.6 Å². The molecule has 1 fully saturated rings. The van der Waals surface area contributed by atoms with Crippen molar-refractivity contribution in [3.05, 3.63) is 23.9 Å². The average molecular weight is 278 g/mol. The van der Waals surface area contributed by atoms with E-state index in [4.69, 9.17) is 9.47 Å². The number of pyridine rings is 1. The van der Waals surface area contributed by atoms with Crippen molar-refractivity contribution in [2.75, 3.05) is 19.8 Å². The number of ether oxygens (including phenoxy) is 2. The van der Waals surface area contributed by atoms with Crippen molar-refractivity contribution >= 4 is 5.91 Å². The van der Waals surface area contributed by atoms with E-state index in [0.717, 1.165) is 32.3 Å². The van der Waals surface area contributed by atoms with Crippen LogP contribution in [0.1, 0.15) is 43.0 Å². The fourth-order valence-electron chi connectivity index (χ4n) is 2.07. The zero-order chi connectivity index (χ0) is 14.2.